The van der Waals surface area contributed by atoms with Gasteiger partial charge in [0.25, 0.3) is 0 Å². The van der Waals surface area contributed by atoms with Gasteiger partial charge in [-0.25, -0.2) is 8.42 Å². The first-order valence-corrected chi connectivity index (χ1v) is 14.6. The fourth-order valence-electron chi connectivity index (χ4n) is 5.81. The Labute approximate surface area is 216 Å². The second kappa shape index (κ2) is 9.81. The monoisotopic (exact) mass is 521 g/mol. The summed E-state index contributed by atoms with van der Waals surface area (Å²) in [5.74, 6) is 1.54. The topological polar surface area (TPSA) is 60.9 Å². The van der Waals surface area contributed by atoms with Gasteiger partial charge in [-0.1, -0.05) is 57.9 Å². The molecule has 1 saturated carbocycles. The number of sulfonamides is 1. The van der Waals surface area contributed by atoms with E-state index in [0.29, 0.717) is 55.6 Å². The third kappa shape index (κ3) is 5.48. The molecule has 6 nitrogen and oxygen atoms in total. The molecule has 1 aromatic carbocycles. The second-order valence-corrected chi connectivity index (χ2v) is 14.4. The molecule has 0 aromatic heterocycles. The van der Waals surface area contributed by atoms with Crippen LogP contribution < -0.4 is 0 Å². The first-order valence-electron chi connectivity index (χ1n) is 12.8. The van der Waals surface area contributed by atoms with Crippen molar-refractivity contribution in [2.75, 3.05) is 45.8 Å². The maximum atomic E-state index is 13.3. The molecule has 8 heteroatoms. The number of fused-ring (bicyclic) bond motifs is 1. The summed E-state index contributed by atoms with van der Waals surface area (Å²) in [7, 11) is -3.52. The quantitative estimate of drug-likeness (QED) is 0.495. The van der Waals surface area contributed by atoms with E-state index in [0.717, 1.165) is 18.9 Å². The van der Waals surface area contributed by atoms with E-state index in [1.165, 1.54) is 12.0 Å². The van der Waals surface area contributed by atoms with Crippen LogP contribution in [-0.2, 0) is 14.8 Å². The van der Waals surface area contributed by atoms with Crippen LogP contribution in [0.5, 0.6) is 0 Å². The molecule has 1 heterocycles. The molecule has 0 N–H and O–H groups in total. The van der Waals surface area contributed by atoms with Gasteiger partial charge in [-0.05, 0) is 54.4 Å². The molecule has 2 fully saturated rings. The lowest BCUT2D eigenvalue weighted by molar-refractivity contribution is -0.139. The van der Waals surface area contributed by atoms with Crippen LogP contribution in [-0.4, -0.2) is 74.2 Å². The number of amides is 1. The summed E-state index contributed by atoms with van der Waals surface area (Å²) < 4.78 is 27.5. The standard InChI is InChI=1S/C27H40ClN3O3S/c1-26(2,3)25(32)30(19-20-6-7-21-18-24(20)27(21,4)5)15-12-29-13-16-31(17-14-29)35(33,34)23-10-8-22(28)9-11-23/h6,8-11,21,24H,7,12-19H2,1-5H3. The maximum absolute atomic E-state index is 13.3. The van der Waals surface area contributed by atoms with Gasteiger partial charge in [0.15, 0.2) is 0 Å². The van der Waals surface area contributed by atoms with Crippen molar-refractivity contribution in [1.82, 2.24) is 14.1 Å². The molecule has 0 radical (unpaired) electrons. The highest BCUT2D eigenvalue weighted by atomic mass is 35.5. The number of hydrogen-bond acceptors (Lipinski definition) is 4. The SMILES string of the molecule is CC(C)(C)C(=O)N(CCN1CCN(S(=O)(=O)c2ccc(Cl)cc2)CC1)CC1=CCC2CC1C2(C)C. The zero-order valence-corrected chi connectivity index (χ0v) is 23.3. The lowest BCUT2D eigenvalue weighted by Gasteiger charge is -2.57. The first kappa shape index (κ1) is 26.6. The Morgan fingerprint density at radius 1 is 1.11 bits per heavy atom. The molecule has 0 spiro atoms. The van der Waals surface area contributed by atoms with Crippen molar-refractivity contribution in [3.8, 4) is 0 Å². The highest BCUT2D eigenvalue weighted by Crippen LogP contribution is 2.59. The molecule has 5 rings (SSSR count). The lowest BCUT2D eigenvalue weighted by atomic mass is 9.49. The Hall–Kier alpha value is -1.41. The van der Waals surface area contributed by atoms with Gasteiger partial charge in [-0.2, -0.15) is 4.31 Å². The number of carbonyl (C=O) groups is 1. The minimum absolute atomic E-state index is 0.182. The fourth-order valence-corrected chi connectivity index (χ4v) is 7.36. The van der Waals surface area contributed by atoms with E-state index in [2.05, 4.69) is 24.8 Å². The van der Waals surface area contributed by atoms with E-state index in [1.54, 1.807) is 28.6 Å². The smallest absolute Gasteiger partial charge is 0.243 e. The molecule has 2 bridgehead atoms. The second-order valence-electron chi connectivity index (χ2n) is 12.0. The van der Waals surface area contributed by atoms with Gasteiger partial charge in [-0.3, -0.25) is 9.69 Å². The molecule has 2 unspecified atom stereocenters. The van der Waals surface area contributed by atoms with Crippen LogP contribution in [0.25, 0.3) is 0 Å². The van der Waals surface area contributed by atoms with Crippen LogP contribution in [0.4, 0.5) is 0 Å². The van der Waals surface area contributed by atoms with E-state index in [1.807, 2.05) is 25.7 Å². The molecule has 35 heavy (non-hydrogen) atoms. The van der Waals surface area contributed by atoms with Gasteiger partial charge in [0, 0.05) is 56.3 Å². The Balaban J connectivity index is 1.36. The number of hydrogen-bond donors (Lipinski definition) is 0. The van der Waals surface area contributed by atoms with Gasteiger partial charge in [0.2, 0.25) is 15.9 Å². The summed E-state index contributed by atoms with van der Waals surface area (Å²) in [4.78, 5) is 17.9. The molecular formula is C27H40ClN3O3S. The van der Waals surface area contributed by atoms with Gasteiger partial charge in [0.05, 0.1) is 4.90 Å². The summed E-state index contributed by atoms with van der Waals surface area (Å²) in [6.45, 7) is 15.0. The molecule has 3 aliphatic carbocycles. The molecule has 4 aliphatic rings. The predicted molar refractivity (Wildman–Crippen MR) is 141 cm³/mol. The summed E-state index contributed by atoms with van der Waals surface area (Å²) >= 11 is 5.92. The number of benzene rings is 1. The third-order valence-electron chi connectivity index (χ3n) is 8.35. The maximum Gasteiger partial charge on any atom is 0.243 e. The molecule has 1 aliphatic heterocycles. The number of nitrogens with zero attached hydrogens (tertiary/aromatic N) is 3. The van der Waals surface area contributed by atoms with E-state index < -0.39 is 15.4 Å². The number of piperazine rings is 1. The Morgan fingerprint density at radius 2 is 1.74 bits per heavy atom. The molecule has 1 aromatic rings. The fraction of sp³-hybridized carbons (Fsp3) is 0.667. The molecule has 194 valence electrons. The van der Waals surface area contributed by atoms with Crippen molar-refractivity contribution >= 4 is 27.5 Å². The molecular weight excluding hydrogens is 482 g/mol. The first-order chi connectivity index (χ1) is 16.3. The third-order valence-corrected chi connectivity index (χ3v) is 10.5. The van der Waals surface area contributed by atoms with Crippen molar-refractivity contribution in [3.63, 3.8) is 0 Å². The normalized spacial score (nSPS) is 25.0. The summed E-state index contributed by atoms with van der Waals surface area (Å²) in [5.41, 5.74) is 1.33. The number of carbonyl (C=O) groups excluding carboxylic acids is 1. The number of halogens is 1. The van der Waals surface area contributed by atoms with E-state index in [9.17, 15) is 13.2 Å². The minimum Gasteiger partial charge on any atom is -0.337 e. The van der Waals surface area contributed by atoms with Gasteiger partial charge < -0.3 is 4.90 Å². The molecule has 2 atom stereocenters. The Morgan fingerprint density at radius 3 is 2.29 bits per heavy atom. The highest BCUT2D eigenvalue weighted by molar-refractivity contribution is 7.89. The summed E-state index contributed by atoms with van der Waals surface area (Å²) in [5, 5.41) is 0.521. The Kier molecular flexibility index (Phi) is 7.47. The van der Waals surface area contributed by atoms with Gasteiger partial charge >= 0.3 is 0 Å². The van der Waals surface area contributed by atoms with E-state index >= 15 is 0 Å². The number of allylic oxidation sites excluding steroid dienone is 1. The average Bonchev–Trinajstić information content (AvgIpc) is 2.81. The van der Waals surface area contributed by atoms with E-state index in [4.69, 9.17) is 11.6 Å². The van der Waals surface area contributed by atoms with E-state index in [-0.39, 0.29) is 10.8 Å². The zero-order chi connectivity index (χ0) is 25.6. The zero-order valence-electron chi connectivity index (χ0n) is 21.8. The average molecular weight is 522 g/mol. The van der Waals surface area contributed by atoms with Crippen molar-refractivity contribution < 1.29 is 13.2 Å². The van der Waals surface area contributed by atoms with Crippen LogP contribution in [0.3, 0.4) is 0 Å². The Bertz CT molecular complexity index is 1070. The van der Waals surface area contributed by atoms with Crippen molar-refractivity contribution in [2.45, 2.75) is 52.4 Å². The van der Waals surface area contributed by atoms with Crippen LogP contribution in [0.1, 0.15) is 47.5 Å². The van der Waals surface area contributed by atoms with Crippen LogP contribution in [0.2, 0.25) is 5.02 Å². The number of rotatable bonds is 7. The largest absolute Gasteiger partial charge is 0.337 e. The van der Waals surface area contributed by atoms with Crippen LogP contribution >= 0.6 is 11.6 Å². The summed E-state index contributed by atoms with van der Waals surface area (Å²) in [6.07, 6.45) is 4.76. The highest BCUT2D eigenvalue weighted by Gasteiger charge is 2.51. The molecule has 1 saturated heterocycles. The lowest BCUT2D eigenvalue weighted by Crippen LogP contribution is -2.53. The van der Waals surface area contributed by atoms with Gasteiger partial charge in [-0.15, -0.1) is 0 Å². The van der Waals surface area contributed by atoms with Crippen LogP contribution in [0.15, 0.2) is 40.8 Å². The predicted octanol–water partition coefficient (Wildman–Crippen LogP) is 4.51. The van der Waals surface area contributed by atoms with Crippen LogP contribution in [0, 0.1) is 22.7 Å². The van der Waals surface area contributed by atoms with Crippen molar-refractivity contribution in [3.05, 3.63) is 40.9 Å². The van der Waals surface area contributed by atoms with Gasteiger partial charge in [0.1, 0.15) is 0 Å². The van der Waals surface area contributed by atoms with Crippen molar-refractivity contribution in [2.24, 2.45) is 22.7 Å². The summed E-state index contributed by atoms with van der Waals surface area (Å²) in [6, 6.07) is 6.34. The molecule has 1 amide bonds. The minimum atomic E-state index is -3.52. The van der Waals surface area contributed by atoms with Crippen molar-refractivity contribution in [1.29, 1.82) is 0 Å².